The van der Waals surface area contributed by atoms with E-state index in [0.717, 1.165) is 0 Å². The van der Waals surface area contributed by atoms with Gasteiger partial charge in [-0.2, -0.15) is 0 Å². The zero-order valence-corrected chi connectivity index (χ0v) is 7.55. The Hall–Kier alpha value is -1.17. The lowest BCUT2D eigenvalue weighted by Gasteiger charge is -2.15. The van der Waals surface area contributed by atoms with E-state index in [1.807, 2.05) is 0 Å². The van der Waals surface area contributed by atoms with Crippen LogP contribution in [0.25, 0.3) is 0 Å². The van der Waals surface area contributed by atoms with Crippen molar-refractivity contribution >= 4 is 0 Å². The second-order valence-corrected chi connectivity index (χ2v) is 2.98. The van der Waals surface area contributed by atoms with Crippen LogP contribution in [0.5, 0.6) is 0 Å². The maximum absolute atomic E-state index is 11.2. The highest BCUT2D eigenvalue weighted by Crippen LogP contribution is 2.14. The second kappa shape index (κ2) is 4.90. The van der Waals surface area contributed by atoms with Gasteiger partial charge in [-0.15, -0.1) is 0 Å². The van der Waals surface area contributed by atoms with Crippen LogP contribution in [-0.2, 0) is 0 Å². The summed E-state index contributed by atoms with van der Waals surface area (Å²) in [6.45, 7) is -0.233. The van der Waals surface area contributed by atoms with Gasteiger partial charge in [0.2, 0.25) is 0 Å². The Balaban J connectivity index is 2.84. The van der Waals surface area contributed by atoms with Crippen LogP contribution in [0.15, 0.2) is 23.1 Å². The van der Waals surface area contributed by atoms with E-state index in [2.05, 4.69) is 4.98 Å². The van der Waals surface area contributed by atoms with E-state index in [1.165, 1.54) is 12.3 Å². The summed E-state index contributed by atoms with van der Waals surface area (Å²) in [7, 11) is 0. The first-order chi connectivity index (χ1) is 6.66. The molecule has 0 aliphatic carbocycles. The lowest BCUT2D eigenvalue weighted by molar-refractivity contribution is 0.00346. The molecule has 78 valence electrons. The number of aliphatic hydroxyl groups excluding tert-OH is 3. The van der Waals surface area contributed by atoms with Gasteiger partial charge in [0.05, 0.1) is 6.10 Å². The summed E-state index contributed by atoms with van der Waals surface area (Å²) in [6, 6.07) is 3.00. The van der Waals surface area contributed by atoms with Gasteiger partial charge in [-0.05, 0) is 18.6 Å². The van der Waals surface area contributed by atoms with Crippen LogP contribution in [0.3, 0.4) is 0 Å². The molecule has 1 aromatic heterocycles. The van der Waals surface area contributed by atoms with Gasteiger partial charge in [0, 0.05) is 18.4 Å². The van der Waals surface area contributed by atoms with Crippen molar-refractivity contribution < 1.29 is 15.3 Å². The molecule has 2 unspecified atom stereocenters. The summed E-state index contributed by atoms with van der Waals surface area (Å²) in [5, 5.41) is 27.4. The van der Waals surface area contributed by atoms with E-state index in [0.29, 0.717) is 0 Å². The lowest BCUT2D eigenvalue weighted by atomic mass is 10.0. The molecule has 0 aliphatic heterocycles. The summed E-state index contributed by atoms with van der Waals surface area (Å²) in [5.74, 6) is 0. The van der Waals surface area contributed by atoms with Crippen molar-refractivity contribution in [3.05, 3.63) is 34.2 Å². The Bertz CT molecular complexity index is 336. The zero-order valence-electron chi connectivity index (χ0n) is 7.55. The van der Waals surface area contributed by atoms with Crippen molar-refractivity contribution in [2.45, 2.75) is 18.6 Å². The van der Waals surface area contributed by atoms with Crippen molar-refractivity contribution in [1.82, 2.24) is 4.98 Å². The van der Waals surface area contributed by atoms with E-state index in [4.69, 9.17) is 5.11 Å². The van der Waals surface area contributed by atoms with Crippen molar-refractivity contribution in [2.75, 3.05) is 6.61 Å². The SMILES string of the molecule is O=c1[nH]cccc1C(O)C(O)CCO. The maximum Gasteiger partial charge on any atom is 0.253 e. The highest BCUT2D eigenvalue weighted by Gasteiger charge is 2.19. The first-order valence-corrected chi connectivity index (χ1v) is 4.31. The zero-order chi connectivity index (χ0) is 10.6. The number of H-pyrrole nitrogens is 1. The van der Waals surface area contributed by atoms with Crippen molar-refractivity contribution in [2.24, 2.45) is 0 Å². The summed E-state index contributed by atoms with van der Waals surface area (Å²) >= 11 is 0. The second-order valence-electron chi connectivity index (χ2n) is 2.98. The van der Waals surface area contributed by atoms with E-state index in [-0.39, 0.29) is 18.6 Å². The van der Waals surface area contributed by atoms with Gasteiger partial charge in [0.25, 0.3) is 5.56 Å². The molecule has 0 saturated heterocycles. The highest BCUT2D eigenvalue weighted by molar-refractivity contribution is 5.13. The normalized spacial score (nSPS) is 15.1. The van der Waals surface area contributed by atoms with E-state index in [1.54, 1.807) is 6.07 Å². The number of aromatic nitrogens is 1. The lowest BCUT2D eigenvalue weighted by Crippen LogP contribution is -2.25. The molecule has 14 heavy (non-hydrogen) atoms. The molecule has 0 spiro atoms. The van der Waals surface area contributed by atoms with Gasteiger partial charge < -0.3 is 20.3 Å². The molecule has 5 heteroatoms. The molecule has 0 aliphatic rings. The predicted octanol–water partition coefficient (Wildman–Crippen LogP) is -0.848. The van der Waals surface area contributed by atoms with Crippen LogP contribution in [0.1, 0.15) is 18.1 Å². The molecule has 5 nitrogen and oxygen atoms in total. The maximum atomic E-state index is 11.2. The minimum absolute atomic E-state index is 0.0372. The number of nitrogens with one attached hydrogen (secondary N) is 1. The summed E-state index contributed by atoms with van der Waals surface area (Å²) in [6.07, 6.45) is -0.900. The van der Waals surface area contributed by atoms with Crippen LogP contribution in [0.2, 0.25) is 0 Å². The van der Waals surface area contributed by atoms with Gasteiger partial charge in [0.1, 0.15) is 6.10 Å². The molecule has 0 fully saturated rings. The van der Waals surface area contributed by atoms with Crippen molar-refractivity contribution in [3.63, 3.8) is 0 Å². The quantitative estimate of drug-likeness (QED) is 0.508. The molecular weight excluding hydrogens is 186 g/mol. The standard InChI is InChI=1S/C9H13NO4/c11-5-3-7(12)8(13)6-2-1-4-10-9(6)14/h1-2,4,7-8,11-13H,3,5H2,(H,10,14). The molecule has 2 atom stereocenters. The van der Waals surface area contributed by atoms with E-state index >= 15 is 0 Å². The number of hydrogen-bond donors (Lipinski definition) is 4. The molecule has 0 radical (unpaired) electrons. The molecule has 1 heterocycles. The Morgan fingerprint density at radius 2 is 2.14 bits per heavy atom. The van der Waals surface area contributed by atoms with Gasteiger partial charge in [-0.1, -0.05) is 0 Å². The molecule has 1 rings (SSSR count). The smallest absolute Gasteiger partial charge is 0.253 e. The number of hydrogen-bond acceptors (Lipinski definition) is 4. The largest absolute Gasteiger partial charge is 0.396 e. The molecule has 4 N–H and O–H groups in total. The molecule has 0 amide bonds. The number of pyridine rings is 1. The Morgan fingerprint density at radius 3 is 2.71 bits per heavy atom. The van der Waals surface area contributed by atoms with Gasteiger partial charge >= 0.3 is 0 Å². The molecule has 1 aromatic rings. The van der Waals surface area contributed by atoms with Crippen molar-refractivity contribution in [1.29, 1.82) is 0 Å². The predicted molar refractivity (Wildman–Crippen MR) is 49.7 cm³/mol. The monoisotopic (exact) mass is 199 g/mol. The summed E-state index contributed by atoms with van der Waals surface area (Å²) < 4.78 is 0. The molecular formula is C9H13NO4. The van der Waals surface area contributed by atoms with Crippen LogP contribution in [0, 0.1) is 0 Å². The average molecular weight is 199 g/mol. The third-order valence-electron chi connectivity index (χ3n) is 1.96. The topological polar surface area (TPSA) is 93.6 Å². The van der Waals surface area contributed by atoms with Gasteiger partial charge in [-0.25, -0.2) is 0 Å². The first kappa shape index (κ1) is 10.9. The Labute approximate surface area is 80.7 Å². The van der Waals surface area contributed by atoms with Crippen LogP contribution in [0.4, 0.5) is 0 Å². The fourth-order valence-corrected chi connectivity index (χ4v) is 1.16. The summed E-state index contributed by atoms with van der Waals surface area (Å²) in [5.41, 5.74) is -0.328. The van der Waals surface area contributed by atoms with Gasteiger partial charge in [0.15, 0.2) is 0 Å². The fraction of sp³-hybridized carbons (Fsp3) is 0.444. The minimum atomic E-state index is -1.26. The van der Waals surface area contributed by atoms with E-state index in [9.17, 15) is 15.0 Å². The minimum Gasteiger partial charge on any atom is -0.396 e. The fourth-order valence-electron chi connectivity index (χ4n) is 1.16. The van der Waals surface area contributed by atoms with E-state index < -0.39 is 17.8 Å². The number of rotatable bonds is 4. The molecule has 0 saturated carbocycles. The number of aliphatic hydroxyl groups is 3. The highest BCUT2D eigenvalue weighted by atomic mass is 16.3. The molecule has 0 bridgehead atoms. The third kappa shape index (κ3) is 2.41. The van der Waals surface area contributed by atoms with Gasteiger partial charge in [-0.3, -0.25) is 4.79 Å². The average Bonchev–Trinajstić information content (AvgIpc) is 2.18. The van der Waals surface area contributed by atoms with Crippen LogP contribution >= 0.6 is 0 Å². The van der Waals surface area contributed by atoms with Crippen molar-refractivity contribution in [3.8, 4) is 0 Å². The molecule has 0 aromatic carbocycles. The number of aromatic amines is 1. The Morgan fingerprint density at radius 1 is 1.43 bits per heavy atom. The Kier molecular flexibility index (Phi) is 3.82. The third-order valence-corrected chi connectivity index (χ3v) is 1.96. The van der Waals surface area contributed by atoms with Crippen LogP contribution < -0.4 is 5.56 Å². The summed E-state index contributed by atoms with van der Waals surface area (Å²) in [4.78, 5) is 13.6. The first-order valence-electron chi connectivity index (χ1n) is 4.31. The van der Waals surface area contributed by atoms with Crippen LogP contribution in [-0.4, -0.2) is 33.0 Å².